The average molecular weight is 441 g/mol. The van der Waals surface area contributed by atoms with Crippen LogP contribution in [0.3, 0.4) is 0 Å². The van der Waals surface area contributed by atoms with Crippen LogP contribution in [0.4, 0.5) is 4.79 Å². The zero-order valence-corrected chi connectivity index (χ0v) is 18.9. The van der Waals surface area contributed by atoms with Gasteiger partial charge in [0.25, 0.3) is 6.47 Å². The van der Waals surface area contributed by atoms with E-state index in [-0.39, 0.29) is 18.5 Å². The Hall–Kier alpha value is -3.13. The summed E-state index contributed by atoms with van der Waals surface area (Å²) in [6, 6.07) is 12.6. The fourth-order valence-corrected chi connectivity index (χ4v) is 4.83. The lowest BCUT2D eigenvalue weighted by atomic mass is 9.89. The number of pyridine rings is 1. The Kier molecular flexibility index (Phi) is 8.05. The first-order chi connectivity index (χ1) is 15.5. The highest BCUT2D eigenvalue weighted by Gasteiger charge is 2.49. The number of hydrogen-bond donors (Lipinski definition) is 1. The molecule has 2 fully saturated rings. The van der Waals surface area contributed by atoms with E-state index >= 15 is 0 Å². The van der Waals surface area contributed by atoms with Gasteiger partial charge < -0.3 is 24.5 Å². The second-order valence-corrected chi connectivity index (χ2v) is 8.45. The monoisotopic (exact) mass is 440 g/mol. The molecule has 3 atom stereocenters. The van der Waals surface area contributed by atoms with Gasteiger partial charge in [0.2, 0.25) is 0 Å². The quantitative estimate of drug-likeness (QED) is 0.720. The SMILES string of the molecule is COc1ccc([C@H]2[C@@H]3CN(CCc4cccnc4)C[C@@H]3CN2C(=O)N(C)C)cc1.O=CO. The van der Waals surface area contributed by atoms with Gasteiger partial charge in [0.05, 0.1) is 13.2 Å². The fourth-order valence-electron chi connectivity index (χ4n) is 4.83. The van der Waals surface area contributed by atoms with Crippen LogP contribution in [0, 0.1) is 11.8 Å². The van der Waals surface area contributed by atoms with Crippen LogP contribution in [0.2, 0.25) is 0 Å². The molecule has 0 saturated carbocycles. The summed E-state index contributed by atoms with van der Waals surface area (Å²) in [4.78, 5) is 31.8. The Morgan fingerprint density at radius 2 is 1.94 bits per heavy atom. The van der Waals surface area contributed by atoms with E-state index in [9.17, 15) is 4.79 Å². The van der Waals surface area contributed by atoms with Crippen LogP contribution in [0.25, 0.3) is 0 Å². The molecular formula is C24H32N4O4. The molecule has 0 unspecified atom stereocenters. The van der Waals surface area contributed by atoms with Gasteiger partial charge in [0, 0.05) is 58.6 Å². The zero-order chi connectivity index (χ0) is 23.1. The maximum absolute atomic E-state index is 12.9. The molecule has 2 aromatic rings. The van der Waals surface area contributed by atoms with Crippen LogP contribution in [0.5, 0.6) is 5.75 Å². The number of carboxylic acid groups (broad SMARTS) is 1. The van der Waals surface area contributed by atoms with Crippen molar-refractivity contribution in [3.63, 3.8) is 0 Å². The van der Waals surface area contributed by atoms with Gasteiger partial charge in [0.15, 0.2) is 0 Å². The molecule has 2 amide bonds. The highest BCUT2D eigenvalue weighted by atomic mass is 16.5. The lowest BCUT2D eigenvalue weighted by Crippen LogP contribution is -2.41. The molecule has 8 heteroatoms. The number of nitrogens with zero attached hydrogens (tertiary/aromatic N) is 4. The number of fused-ring (bicyclic) bond motifs is 1. The normalized spacial score (nSPS) is 22.0. The highest BCUT2D eigenvalue weighted by Crippen LogP contribution is 2.45. The van der Waals surface area contributed by atoms with Crippen LogP contribution < -0.4 is 4.74 Å². The minimum absolute atomic E-state index is 0.0992. The van der Waals surface area contributed by atoms with Gasteiger partial charge in [-0.05, 0) is 41.7 Å². The number of ether oxygens (including phenoxy) is 1. The van der Waals surface area contributed by atoms with Crippen LogP contribution in [-0.2, 0) is 11.2 Å². The first-order valence-electron chi connectivity index (χ1n) is 10.8. The maximum Gasteiger partial charge on any atom is 0.320 e. The molecule has 2 aliphatic rings. The molecule has 0 aliphatic carbocycles. The Bertz CT molecular complexity index is 875. The van der Waals surface area contributed by atoms with E-state index in [2.05, 4.69) is 33.0 Å². The molecule has 0 radical (unpaired) electrons. The van der Waals surface area contributed by atoms with Crippen LogP contribution in [-0.4, -0.2) is 84.7 Å². The molecule has 1 aromatic carbocycles. The Labute approximate surface area is 189 Å². The molecule has 1 aromatic heterocycles. The summed E-state index contributed by atoms with van der Waals surface area (Å²) in [7, 11) is 5.35. The predicted molar refractivity (Wildman–Crippen MR) is 122 cm³/mol. The summed E-state index contributed by atoms with van der Waals surface area (Å²) in [5, 5.41) is 6.89. The van der Waals surface area contributed by atoms with Crippen molar-refractivity contribution in [1.82, 2.24) is 19.7 Å². The number of benzene rings is 1. The number of carbonyl (C=O) groups excluding carboxylic acids is 1. The minimum Gasteiger partial charge on any atom is -0.497 e. The van der Waals surface area contributed by atoms with E-state index in [4.69, 9.17) is 14.6 Å². The van der Waals surface area contributed by atoms with Gasteiger partial charge in [-0.3, -0.25) is 9.78 Å². The number of urea groups is 1. The van der Waals surface area contributed by atoms with E-state index < -0.39 is 0 Å². The largest absolute Gasteiger partial charge is 0.497 e. The van der Waals surface area contributed by atoms with Gasteiger partial charge in [-0.2, -0.15) is 0 Å². The van der Waals surface area contributed by atoms with Crippen molar-refractivity contribution >= 4 is 12.5 Å². The molecule has 1 N–H and O–H groups in total. The van der Waals surface area contributed by atoms with E-state index in [1.807, 2.05) is 44.7 Å². The Morgan fingerprint density at radius 1 is 1.22 bits per heavy atom. The van der Waals surface area contributed by atoms with Crippen molar-refractivity contribution in [1.29, 1.82) is 0 Å². The third kappa shape index (κ3) is 5.37. The van der Waals surface area contributed by atoms with Crippen molar-refractivity contribution in [2.45, 2.75) is 12.5 Å². The van der Waals surface area contributed by atoms with Crippen LogP contribution in [0.15, 0.2) is 48.8 Å². The van der Waals surface area contributed by atoms with E-state index in [0.29, 0.717) is 11.8 Å². The lowest BCUT2D eigenvalue weighted by molar-refractivity contribution is -0.122. The van der Waals surface area contributed by atoms with Crippen LogP contribution >= 0.6 is 0 Å². The van der Waals surface area contributed by atoms with Gasteiger partial charge in [-0.25, -0.2) is 4.79 Å². The molecule has 8 nitrogen and oxygen atoms in total. The third-order valence-corrected chi connectivity index (χ3v) is 6.26. The highest BCUT2D eigenvalue weighted by molar-refractivity contribution is 5.75. The van der Waals surface area contributed by atoms with Gasteiger partial charge in [-0.1, -0.05) is 18.2 Å². The zero-order valence-electron chi connectivity index (χ0n) is 18.9. The molecule has 4 rings (SSSR count). The minimum atomic E-state index is -0.250. The van der Waals surface area contributed by atoms with Crippen LogP contribution in [0.1, 0.15) is 17.2 Å². The number of likely N-dealkylation sites (tertiary alicyclic amines) is 2. The van der Waals surface area contributed by atoms with Crippen molar-refractivity contribution < 1.29 is 19.4 Å². The lowest BCUT2D eigenvalue weighted by Gasteiger charge is -2.32. The smallest absolute Gasteiger partial charge is 0.320 e. The molecule has 2 saturated heterocycles. The molecule has 3 heterocycles. The maximum atomic E-state index is 12.9. The number of rotatable bonds is 5. The van der Waals surface area contributed by atoms with Gasteiger partial charge >= 0.3 is 6.03 Å². The Balaban J connectivity index is 0.000000913. The number of amides is 2. The number of aromatic nitrogens is 1. The molecule has 32 heavy (non-hydrogen) atoms. The molecule has 0 spiro atoms. The summed E-state index contributed by atoms with van der Waals surface area (Å²) in [6.07, 6.45) is 4.79. The summed E-state index contributed by atoms with van der Waals surface area (Å²) >= 11 is 0. The number of carbonyl (C=O) groups is 2. The average Bonchev–Trinajstić information content (AvgIpc) is 3.36. The predicted octanol–water partition coefficient (Wildman–Crippen LogP) is 2.62. The van der Waals surface area contributed by atoms with Crippen molar-refractivity contribution in [2.75, 3.05) is 47.4 Å². The Morgan fingerprint density at radius 3 is 2.53 bits per heavy atom. The van der Waals surface area contributed by atoms with Crippen molar-refractivity contribution in [3.05, 3.63) is 59.9 Å². The standard InChI is InChI=1S/C23H30N4O2.CH2O2/c1-25(2)23(28)27-15-19-14-26(12-10-17-5-4-11-24-13-17)16-21(19)22(27)18-6-8-20(29-3)9-7-18;2-1-3/h4-9,11,13,19,21-22H,10,12,14-16H2,1-3H3;1H,(H,2,3)/t19-,21-,22+;/m1./s1. The topological polar surface area (TPSA) is 86.2 Å². The third-order valence-electron chi connectivity index (χ3n) is 6.26. The number of methoxy groups -OCH3 is 1. The van der Waals surface area contributed by atoms with E-state index in [1.54, 1.807) is 12.0 Å². The summed E-state index contributed by atoms with van der Waals surface area (Å²) in [6.45, 7) is 3.69. The van der Waals surface area contributed by atoms with Gasteiger partial charge in [-0.15, -0.1) is 0 Å². The second-order valence-electron chi connectivity index (χ2n) is 8.45. The fraction of sp³-hybridized carbons (Fsp3) is 0.458. The summed E-state index contributed by atoms with van der Waals surface area (Å²) < 4.78 is 5.32. The first-order valence-corrected chi connectivity index (χ1v) is 10.8. The first kappa shape index (κ1) is 23.5. The van der Waals surface area contributed by atoms with E-state index in [1.165, 1.54) is 11.1 Å². The molecule has 172 valence electrons. The molecular weight excluding hydrogens is 408 g/mol. The summed E-state index contributed by atoms with van der Waals surface area (Å²) in [5.41, 5.74) is 2.48. The van der Waals surface area contributed by atoms with Crippen molar-refractivity contribution in [2.24, 2.45) is 11.8 Å². The summed E-state index contributed by atoms with van der Waals surface area (Å²) in [5.74, 6) is 1.82. The van der Waals surface area contributed by atoms with Crippen molar-refractivity contribution in [3.8, 4) is 5.75 Å². The second kappa shape index (κ2) is 10.9. The number of hydrogen-bond acceptors (Lipinski definition) is 5. The molecule has 2 aliphatic heterocycles. The molecule has 0 bridgehead atoms. The van der Waals surface area contributed by atoms with E-state index in [0.717, 1.165) is 38.3 Å². The van der Waals surface area contributed by atoms with Gasteiger partial charge in [0.1, 0.15) is 5.75 Å².